The molecule has 0 radical (unpaired) electrons. The molecule has 3 rings (SSSR count). The molecule has 12 heteroatoms. The van der Waals surface area contributed by atoms with Gasteiger partial charge in [-0.2, -0.15) is 13.2 Å². The maximum atomic E-state index is 12.0. The number of H-pyrrole nitrogens is 1. The van der Waals surface area contributed by atoms with E-state index in [1.807, 2.05) is 12.1 Å². The van der Waals surface area contributed by atoms with Crippen molar-refractivity contribution in [1.82, 2.24) is 10.3 Å². The molecular weight excluding hydrogens is 427 g/mol. The zero-order valence-corrected chi connectivity index (χ0v) is 17.5. The molecule has 1 aliphatic rings. The van der Waals surface area contributed by atoms with Crippen LogP contribution in [0.5, 0.6) is 0 Å². The van der Waals surface area contributed by atoms with Crippen molar-refractivity contribution < 1.29 is 40.7 Å². The van der Waals surface area contributed by atoms with Crippen LogP contribution in [-0.4, -0.2) is 54.0 Å². The number of hydrogen-bond acceptors (Lipinski definition) is 6. The van der Waals surface area contributed by atoms with Crippen LogP contribution in [0.4, 0.5) is 13.2 Å². The van der Waals surface area contributed by atoms with Gasteiger partial charge in [0.25, 0.3) is 5.84 Å². The number of methoxy groups -OCH3 is 1. The van der Waals surface area contributed by atoms with Gasteiger partial charge in [-0.3, -0.25) is 10.3 Å². The molecule has 2 heterocycles. The molecule has 0 amide bonds. The number of benzene rings is 1. The maximum Gasteiger partial charge on any atom is 0.485 e. The number of nitrogens with one attached hydrogen (secondary N) is 3. The van der Waals surface area contributed by atoms with Crippen molar-refractivity contribution in [3.63, 3.8) is 0 Å². The number of halogens is 3. The van der Waals surface area contributed by atoms with Gasteiger partial charge in [-0.25, -0.2) is 13.2 Å². The lowest BCUT2D eigenvalue weighted by Gasteiger charge is -2.21. The molecule has 0 spiro atoms. The minimum atomic E-state index is -6.09. The van der Waals surface area contributed by atoms with E-state index in [4.69, 9.17) is 17.7 Å². The van der Waals surface area contributed by atoms with Crippen molar-refractivity contribution in [1.29, 1.82) is 0 Å². The van der Waals surface area contributed by atoms with E-state index in [9.17, 15) is 18.0 Å². The van der Waals surface area contributed by atoms with Crippen molar-refractivity contribution in [2.75, 3.05) is 7.11 Å². The van der Waals surface area contributed by atoms with Crippen molar-refractivity contribution in [3.8, 4) is 0 Å². The largest absolute Gasteiger partial charge is 0.741 e. The van der Waals surface area contributed by atoms with Gasteiger partial charge in [0.2, 0.25) is 0 Å². The van der Waals surface area contributed by atoms with Crippen LogP contribution in [0, 0.1) is 0 Å². The average molecular weight is 449 g/mol. The molecule has 1 aromatic carbocycles. The van der Waals surface area contributed by atoms with Gasteiger partial charge in [0, 0.05) is 17.3 Å². The summed E-state index contributed by atoms with van der Waals surface area (Å²) in [6.45, 7) is 6.27. The SMILES string of the molecule is COC(=O)[C@@H]1Cc2c([nH]c3ccccc23)C(NC(C)(C)C)=[NH+]1.O=S(=O)([O-])C(F)(F)F. The number of rotatable bonds is 1. The van der Waals surface area contributed by atoms with Crippen molar-refractivity contribution in [3.05, 3.63) is 35.5 Å². The first kappa shape index (κ1) is 23.7. The minimum Gasteiger partial charge on any atom is -0.741 e. The Balaban J connectivity index is 0.000000343. The summed E-state index contributed by atoms with van der Waals surface area (Å²) in [6, 6.07) is 7.78. The summed E-state index contributed by atoms with van der Waals surface area (Å²) in [5.74, 6) is 0.601. The topological polar surface area (TPSA) is 125 Å². The Hall–Kier alpha value is -2.60. The molecule has 8 nitrogen and oxygen atoms in total. The number of para-hydroxylation sites is 1. The van der Waals surface area contributed by atoms with Crippen LogP contribution in [-0.2, 0) is 26.1 Å². The predicted octanol–water partition coefficient (Wildman–Crippen LogP) is 0.532. The van der Waals surface area contributed by atoms with Crippen LogP contribution in [0.15, 0.2) is 24.3 Å². The number of esters is 1. The third-order valence-corrected chi connectivity index (χ3v) is 4.63. The second-order valence-corrected chi connectivity index (χ2v) is 8.97. The van der Waals surface area contributed by atoms with E-state index in [0.717, 1.165) is 28.0 Å². The van der Waals surface area contributed by atoms with E-state index >= 15 is 0 Å². The highest BCUT2D eigenvalue weighted by molar-refractivity contribution is 7.86. The van der Waals surface area contributed by atoms with Gasteiger partial charge in [-0.05, 0) is 32.4 Å². The highest BCUT2D eigenvalue weighted by atomic mass is 32.2. The lowest BCUT2D eigenvalue weighted by Crippen LogP contribution is -2.87. The van der Waals surface area contributed by atoms with Crippen LogP contribution < -0.4 is 10.3 Å². The van der Waals surface area contributed by atoms with E-state index in [-0.39, 0.29) is 17.6 Å². The Morgan fingerprint density at radius 3 is 2.33 bits per heavy atom. The fourth-order valence-electron chi connectivity index (χ4n) is 2.89. The molecule has 1 aromatic heterocycles. The highest BCUT2D eigenvalue weighted by Crippen LogP contribution is 2.25. The summed E-state index contributed by atoms with van der Waals surface area (Å²) >= 11 is 0. The Bertz CT molecular complexity index is 1070. The monoisotopic (exact) mass is 449 g/mol. The Morgan fingerprint density at radius 1 is 1.27 bits per heavy atom. The molecule has 0 saturated heterocycles. The molecule has 0 saturated carbocycles. The van der Waals surface area contributed by atoms with E-state index in [1.165, 1.54) is 7.11 Å². The van der Waals surface area contributed by atoms with Crippen molar-refractivity contribution >= 4 is 32.8 Å². The number of fused-ring (bicyclic) bond motifs is 3. The third kappa shape index (κ3) is 5.51. The third-order valence-electron chi connectivity index (χ3n) is 4.06. The normalized spacial score (nSPS) is 16.8. The van der Waals surface area contributed by atoms with E-state index in [0.29, 0.717) is 6.42 Å². The van der Waals surface area contributed by atoms with Crippen LogP contribution in [0.1, 0.15) is 32.0 Å². The smallest absolute Gasteiger partial charge is 0.485 e. The summed E-state index contributed by atoms with van der Waals surface area (Å²) in [6.07, 6.45) is 0.612. The molecule has 1 atom stereocenters. The summed E-state index contributed by atoms with van der Waals surface area (Å²) in [5.41, 5.74) is -2.51. The van der Waals surface area contributed by atoms with Crippen molar-refractivity contribution in [2.24, 2.45) is 0 Å². The number of hydrogen-bond donors (Lipinski definition) is 3. The Labute approximate surface area is 171 Å². The molecule has 0 fully saturated rings. The molecule has 3 N–H and O–H groups in total. The second kappa shape index (κ2) is 8.26. The number of aromatic amines is 1. The summed E-state index contributed by atoms with van der Waals surface area (Å²) in [4.78, 5) is 18.7. The standard InChI is InChI=1S/C17H21N3O2.CHF3O3S/c1-17(2,3)20-15-14-11(9-13(19-15)16(21)22-4)10-7-5-6-8-12(10)18-14;2-1(3,4)8(5,6)7/h5-8,13,18H,9H2,1-4H3,(H,19,20);(H,5,6,7)/t13-;/m0./s1. The molecule has 2 aromatic rings. The Morgan fingerprint density at radius 2 is 1.83 bits per heavy atom. The summed E-state index contributed by atoms with van der Waals surface area (Å²) in [5, 5.41) is 4.60. The number of amidine groups is 1. The zero-order valence-electron chi connectivity index (χ0n) is 16.7. The fourth-order valence-corrected chi connectivity index (χ4v) is 2.89. The van der Waals surface area contributed by atoms with E-state index in [1.54, 1.807) is 0 Å². The van der Waals surface area contributed by atoms with E-state index in [2.05, 4.69) is 48.2 Å². The number of carbonyl (C=O) groups excluding carboxylic acids is 1. The molecule has 166 valence electrons. The highest BCUT2D eigenvalue weighted by Gasteiger charge is 2.37. The first-order valence-corrected chi connectivity index (χ1v) is 10.2. The van der Waals surface area contributed by atoms with Crippen LogP contribution in [0.25, 0.3) is 10.9 Å². The zero-order chi connectivity index (χ0) is 22.9. The number of carbonyl (C=O) groups is 1. The first-order chi connectivity index (χ1) is 13.6. The predicted molar refractivity (Wildman–Crippen MR) is 102 cm³/mol. The maximum absolute atomic E-state index is 12.0. The molecule has 0 aliphatic carbocycles. The van der Waals surface area contributed by atoms with Crippen molar-refractivity contribution in [2.45, 2.75) is 44.3 Å². The molecule has 30 heavy (non-hydrogen) atoms. The van der Waals surface area contributed by atoms with Crippen LogP contribution in [0.2, 0.25) is 0 Å². The second-order valence-electron chi connectivity index (χ2n) is 7.60. The number of aromatic nitrogens is 1. The quantitative estimate of drug-likeness (QED) is 0.331. The summed E-state index contributed by atoms with van der Waals surface area (Å²) in [7, 11) is -4.67. The summed E-state index contributed by atoms with van der Waals surface area (Å²) < 4.78 is 63.8. The van der Waals surface area contributed by atoms with Gasteiger partial charge in [-0.15, -0.1) is 0 Å². The van der Waals surface area contributed by atoms with Gasteiger partial charge < -0.3 is 14.3 Å². The lowest BCUT2D eigenvalue weighted by molar-refractivity contribution is -0.494. The van der Waals surface area contributed by atoms with Gasteiger partial charge >= 0.3 is 11.5 Å². The Kier molecular flexibility index (Phi) is 6.52. The van der Waals surface area contributed by atoms with Crippen LogP contribution >= 0.6 is 0 Å². The lowest BCUT2D eigenvalue weighted by atomic mass is 9.98. The molecule has 0 bridgehead atoms. The number of ether oxygens (including phenoxy) is 1. The minimum absolute atomic E-state index is 0.116. The van der Waals surface area contributed by atoms with Gasteiger partial charge in [0.1, 0.15) is 5.69 Å². The fraction of sp³-hybridized carbons (Fsp3) is 0.444. The van der Waals surface area contributed by atoms with Gasteiger partial charge in [-0.1, -0.05) is 18.2 Å². The molecule has 1 aliphatic heterocycles. The molecular formula is C18H22F3N3O5S. The number of alkyl halides is 3. The van der Waals surface area contributed by atoms with E-state index < -0.39 is 15.6 Å². The average Bonchev–Trinajstić information content (AvgIpc) is 2.98. The van der Waals surface area contributed by atoms with Crippen LogP contribution in [0.3, 0.4) is 0 Å². The first-order valence-electron chi connectivity index (χ1n) is 8.75. The van der Waals surface area contributed by atoms with Gasteiger partial charge in [0.15, 0.2) is 16.2 Å². The molecule has 0 unspecified atom stereocenters. The van der Waals surface area contributed by atoms with Gasteiger partial charge in [0.05, 0.1) is 12.6 Å².